The zero-order valence-corrected chi connectivity index (χ0v) is 14.5. The van der Waals surface area contributed by atoms with Gasteiger partial charge in [0.25, 0.3) is 0 Å². The Morgan fingerprint density at radius 1 is 1.12 bits per heavy atom. The Labute approximate surface area is 150 Å². The van der Waals surface area contributed by atoms with Gasteiger partial charge in [0.05, 0.1) is 17.8 Å². The minimum absolute atomic E-state index is 0.137. The average Bonchev–Trinajstić information content (AvgIpc) is 2.59. The highest BCUT2D eigenvalue weighted by molar-refractivity contribution is 6.31. The molecular formula is C19H19ClF2N2O. The van der Waals surface area contributed by atoms with Crippen LogP contribution in [-0.2, 0) is 11.2 Å². The molecule has 1 heterocycles. The molecule has 0 spiro atoms. The van der Waals surface area contributed by atoms with Crippen molar-refractivity contribution in [2.45, 2.75) is 25.7 Å². The number of rotatable bonds is 4. The van der Waals surface area contributed by atoms with Crippen LogP contribution in [0.15, 0.2) is 36.4 Å². The van der Waals surface area contributed by atoms with Gasteiger partial charge in [-0.2, -0.15) is 0 Å². The molecule has 3 rings (SSSR count). The van der Waals surface area contributed by atoms with Gasteiger partial charge in [-0.3, -0.25) is 4.79 Å². The highest BCUT2D eigenvalue weighted by Gasteiger charge is 2.18. The molecule has 0 aromatic heterocycles. The lowest BCUT2D eigenvalue weighted by atomic mass is 10.1. The molecule has 2 aromatic carbocycles. The Kier molecular flexibility index (Phi) is 5.53. The number of amides is 1. The third-order valence-electron chi connectivity index (χ3n) is 4.33. The molecule has 6 heteroatoms. The summed E-state index contributed by atoms with van der Waals surface area (Å²) in [6, 6.07) is 8.63. The predicted octanol–water partition coefficient (Wildman–Crippen LogP) is 4.79. The van der Waals surface area contributed by atoms with Crippen LogP contribution < -0.4 is 10.2 Å². The monoisotopic (exact) mass is 364 g/mol. The quantitative estimate of drug-likeness (QED) is 0.846. The lowest BCUT2D eigenvalue weighted by Gasteiger charge is -2.30. The molecule has 1 aliphatic rings. The number of benzene rings is 2. The maximum atomic E-state index is 13.9. The molecule has 2 aromatic rings. The first-order valence-electron chi connectivity index (χ1n) is 8.32. The van der Waals surface area contributed by atoms with Crippen molar-refractivity contribution in [2.24, 2.45) is 0 Å². The summed E-state index contributed by atoms with van der Waals surface area (Å²) in [6.07, 6.45) is 3.10. The zero-order valence-electron chi connectivity index (χ0n) is 13.7. The topological polar surface area (TPSA) is 32.3 Å². The average molecular weight is 365 g/mol. The van der Waals surface area contributed by atoms with Gasteiger partial charge in [-0.05, 0) is 49.6 Å². The van der Waals surface area contributed by atoms with Crippen LogP contribution >= 0.6 is 11.6 Å². The molecule has 0 aliphatic carbocycles. The van der Waals surface area contributed by atoms with Gasteiger partial charge in [-0.25, -0.2) is 8.78 Å². The summed E-state index contributed by atoms with van der Waals surface area (Å²) in [6.45, 7) is 1.74. The second-order valence-corrected chi connectivity index (χ2v) is 6.54. The highest BCUT2D eigenvalue weighted by atomic mass is 35.5. The number of piperidine rings is 1. The third kappa shape index (κ3) is 4.28. The van der Waals surface area contributed by atoms with Crippen molar-refractivity contribution in [3.63, 3.8) is 0 Å². The number of carbonyl (C=O) groups excluding carboxylic acids is 1. The van der Waals surface area contributed by atoms with Crippen LogP contribution in [0.1, 0.15) is 24.8 Å². The minimum Gasteiger partial charge on any atom is -0.370 e. The van der Waals surface area contributed by atoms with E-state index >= 15 is 0 Å². The molecule has 1 fully saturated rings. The molecule has 1 saturated heterocycles. The first kappa shape index (κ1) is 17.7. The first-order valence-corrected chi connectivity index (χ1v) is 8.69. The summed E-state index contributed by atoms with van der Waals surface area (Å²) in [5.74, 6) is -1.39. The van der Waals surface area contributed by atoms with Crippen LogP contribution in [0.4, 0.5) is 20.2 Å². The van der Waals surface area contributed by atoms with Crippen LogP contribution in [0.5, 0.6) is 0 Å². The van der Waals surface area contributed by atoms with Gasteiger partial charge < -0.3 is 10.2 Å². The van der Waals surface area contributed by atoms with E-state index in [1.165, 1.54) is 36.8 Å². The van der Waals surface area contributed by atoms with Crippen LogP contribution in [-0.4, -0.2) is 19.0 Å². The van der Waals surface area contributed by atoms with E-state index in [1.54, 1.807) is 6.07 Å². The zero-order chi connectivity index (χ0) is 17.8. The highest BCUT2D eigenvalue weighted by Crippen LogP contribution is 2.30. The number of hydrogen-bond acceptors (Lipinski definition) is 2. The fraction of sp³-hybridized carbons (Fsp3) is 0.316. The SMILES string of the molecule is O=C(Cc1c(F)cccc1Cl)Nc1cc(F)ccc1N1CCCCC1. The van der Waals surface area contributed by atoms with E-state index in [1.807, 2.05) is 0 Å². The van der Waals surface area contributed by atoms with Crippen molar-refractivity contribution in [3.8, 4) is 0 Å². The summed E-state index contributed by atoms with van der Waals surface area (Å²) in [7, 11) is 0. The fourth-order valence-electron chi connectivity index (χ4n) is 3.08. The van der Waals surface area contributed by atoms with Gasteiger partial charge >= 0.3 is 0 Å². The maximum Gasteiger partial charge on any atom is 0.229 e. The van der Waals surface area contributed by atoms with E-state index in [9.17, 15) is 13.6 Å². The molecule has 25 heavy (non-hydrogen) atoms. The largest absolute Gasteiger partial charge is 0.370 e. The Bertz CT molecular complexity index is 756. The minimum atomic E-state index is -0.529. The maximum absolute atomic E-state index is 13.9. The van der Waals surface area contributed by atoms with Crippen molar-refractivity contribution in [3.05, 3.63) is 58.6 Å². The molecule has 132 valence electrons. The van der Waals surface area contributed by atoms with E-state index in [0.717, 1.165) is 31.6 Å². The molecule has 0 saturated carbocycles. The van der Waals surface area contributed by atoms with Gasteiger partial charge in [-0.15, -0.1) is 0 Å². The number of carbonyl (C=O) groups is 1. The molecule has 0 radical (unpaired) electrons. The van der Waals surface area contributed by atoms with E-state index in [4.69, 9.17) is 11.6 Å². The second-order valence-electron chi connectivity index (χ2n) is 6.13. The number of nitrogens with one attached hydrogen (secondary N) is 1. The normalized spacial score (nSPS) is 14.4. The molecule has 1 N–H and O–H groups in total. The van der Waals surface area contributed by atoms with Crippen molar-refractivity contribution in [1.82, 2.24) is 0 Å². The lowest BCUT2D eigenvalue weighted by Crippen LogP contribution is -2.30. The van der Waals surface area contributed by atoms with Crippen molar-refractivity contribution in [1.29, 1.82) is 0 Å². The second kappa shape index (κ2) is 7.83. The van der Waals surface area contributed by atoms with Crippen LogP contribution in [0.2, 0.25) is 5.02 Å². The van der Waals surface area contributed by atoms with Gasteiger partial charge in [0.1, 0.15) is 11.6 Å². The summed E-state index contributed by atoms with van der Waals surface area (Å²) < 4.78 is 27.5. The summed E-state index contributed by atoms with van der Waals surface area (Å²) in [5.41, 5.74) is 1.33. The number of hydrogen-bond donors (Lipinski definition) is 1. The Morgan fingerprint density at radius 3 is 2.60 bits per heavy atom. The molecule has 1 aliphatic heterocycles. The Morgan fingerprint density at radius 2 is 1.88 bits per heavy atom. The smallest absolute Gasteiger partial charge is 0.229 e. The number of anilines is 2. The summed E-state index contributed by atoms with van der Waals surface area (Å²) in [5, 5.41) is 2.91. The number of halogens is 3. The van der Waals surface area contributed by atoms with Crippen LogP contribution in [0.3, 0.4) is 0 Å². The Hall–Kier alpha value is -2.14. The van der Waals surface area contributed by atoms with E-state index in [-0.39, 0.29) is 17.0 Å². The van der Waals surface area contributed by atoms with Gasteiger partial charge in [0.15, 0.2) is 0 Å². The molecule has 3 nitrogen and oxygen atoms in total. The van der Waals surface area contributed by atoms with Crippen LogP contribution in [0.25, 0.3) is 0 Å². The van der Waals surface area contributed by atoms with Gasteiger partial charge in [0, 0.05) is 23.7 Å². The molecule has 0 unspecified atom stereocenters. The van der Waals surface area contributed by atoms with Crippen molar-refractivity contribution >= 4 is 28.9 Å². The first-order chi connectivity index (χ1) is 12.0. The lowest BCUT2D eigenvalue weighted by molar-refractivity contribution is -0.115. The third-order valence-corrected chi connectivity index (χ3v) is 4.68. The van der Waals surface area contributed by atoms with Crippen molar-refractivity contribution < 1.29 is 13.6 Å². The predicted molar refractivity (Wildman–Crippen MR) is 96.2 cm³/mol. The molecular weight excluding hydrogens is 346 g/mol. The van der Waals surface area contributed by atoms with Gasteiger partial charge in [0.2, 0.25) is 5.91 Å². The fourth-order valence-corrected chi connectivity index (χ4v) is 3.30. The summed E-state index contributed by atoms with van der Waals surface area (Å²) >= 11 is 5.97. The van der Waals surface area contributed by atoms with Crippen LogP contribution in [0, 0.1) is 11.6 Å². The van der Waals surface area contributed by atoms with E-state index in [2.05, 4.69) is 10.2 Å². The number of nitrogens with zero attached hydrogens (tertiary/aromatic N) is 1. The molecule has 0 atom stereocenters. The molecule has 1 amide bonds. The summed E-state index contributed by atoms with van der Waals surface area (Å²) in [4.78, 5) is 14.5. The van der Waals surface area contributed by atoms with E-state index < -0.39 is 17.5 Å². The van der Waals surface area contributed by atoms with E-state index in [0.29, 0.717) is 5.69 Å². The molecule has 0 bridgehead atoms. The Balaban J connectivity index is 1.79. The van der Waals surface area contributed by atoms with Crippen molar-refractivity contribution in [2.75, 3.05) is 23.3 Å². The van der Waals surface area contributed by atoms with Gasteiger partial charge in [-0.1, -0.05) is 17.7 Å². The standard InChI is InChI=1S/C19H19ClF2N2O/c20-15-5-4-6-16(22)14(15)12-19(25)23-17-11-13(21)7-8-18(17)24-9-2-1-3-10-24/h4-8,11H,1-3,9-10,12H2,(H,23,25).